The molecule has 2 N–H and O–H groups in total. The van der Waals surface area contributed by atoms with E-state index >= 15 is 0 Å². The molecule has 0 aliphatic carbocycles. The van der Waals surface area contributed by atoms with Crippen LogP contribution in [0, 0.1) is 5.92 Å². The van der Waals surface area contributed by atoms with Crippen LogP contribution in [-0.2, 0) is 26.4 Å². The number of aliphatic hydroxyl groups is 1. The summed E-state index contributed by atoms with van der Waals surface area (Å²) in [6, 6.07) is 14.8. The van der Waals surface area contributed by atoms with Crippen LogP contribution >= 0.6 is 0 Å². The van der Waals surface area contributed by atoms with Crippen molar-refractivity contribution in [3.63, 3.8) is 0 Å². The molecule has 0 radical (unpaired) electrons. The summed E-state index contributed by atoms with van der Waals surface area (Å²) in [5, 5.41) is 19.2. The van der Waals surface area contributed by atoms with Gasteiger partial charge in [-0.1, -0.05) is 48.5 Å². The number of aromatic nitrogens is 3. The largest absolute Gasteiger partial charge is 0.447 e. The second-order valence-corrected chi connectivity index (χ2v) is 16.0. The van der Waals surface area contributed by atoms with Gasteiger partial charge in [0.25, 0.3) is 5.91 Å². The zero-order chi connectivity index (χ0) is 30.5. The molecule has 3 aliphatic heterocycles. The van der Waals surface area contributed by atoms with Crippen molar-refractivity contribution in [2.24, 2.45) is 5.92 Å². The second-order valence-electron chi connectivity index (χ2n) is 12.0. The molecular formula is C31H37N5O6Si. The number of carbonyl (C=O) groups is 2. The van der Waals surface area contributed by atoms with E-state index in [4.69, 9.17) is 9.47 Å². The number of rotatable bonds is 9. The Morgan fingerprint density at radius 2 is 1.98 bits per heavy atom. The van der Waals surface area contributed by atoms with Gasteiger partial charge in [0.2, 0.25) is 0 Å². The standard InChI is InChI=1S/C31H37N5O6Si/c1-5-14-36-25-12-11-22(35-16-17-41-30(35)39)18-23(25)31(29(36)38)20(2)28(43(3,4)40)26(42-31)13-15-34-19-24(32-33-34)27(37)21-9-7-6-8-10-21/h5-12,18-20,26-28,37,40H,1,13-17H2,2-4H3/t20-,26+,27+,28-,31+/m0/s1. The molecule has 2 aromatic carbocycles. The summed E-state index contributed by atoms with van der Waals surface area (Å²) in [4.78, 5) is 41.5. The summed E-state index contributed by atoms with van der Waals surface area (Å²) in [7, 11) is -2.87. The predicted molar refractivity (Wildman–Crippen MR) is 162 cm³/mol. The van der Waals surface area contributed by atoms with E-state index in [9.17, 15) is 19.5 Å². The Morgan fingerprint density at radius 3 is 2.65 bits per heavy atom. The van der Waals surface area contributed by atoms with E-state index in [2.05, 4.69) is 16.9 Å². The lowest BCUT2D eigenvalue weighted by Crippen LogP contribution is -2.46. The maximum Gasteiger partial charge on any atom is 0.414 e. The van der Waals surface area contributed by atoms with Crippen LogP contribution < -0.4 is 9.80 Å². The number of benzene rings is 2. The Bertz CT molecular complexity index is 1540. The normalized spacial score (nSPS) is 25.8. The van der Waals surface area contributed by atoms with E-state index in [1.54, 1.807) is 26.8 Å². The third-order valence-electron chi connectivity index (χ3n) is 8.95. The van der Waals surface area contributed by atoms with Gasteiger partial charge < -0.3 is 24.3 Å². The van der Waals surface area contributed by atoms with E-state index in [1.165, 1.54) is 0 Å². The summed E-state index contributed by atoms with van der Waals surface area (Å²) in [6.07, 6.45) is 2.09. The Hall–Kier alpha value is -3.84. The molecule has 1 spiro atoms. The Labute approximate surface area is 251 Å². The predicted octanol–water partition coefficient (Wildman–Crippen LogP) is 3.74. The molecule has 5 atom stereocenters. The van der Waals surface area contributed by atoms with Gasteiger partial charge in [0.1, 0.15) is 18.4 Å². The molecule has 6 rings (SSSR count). The third-order valence-corrected chi connectivity index (χ3v) is 11.4. The van der Waals surface area contributed by atoms with Gasteiger partial charge in [0.05, 0.1) is 24.5 Å². The van der Waals surface area contributed by atoms with E-state index in [0.717, 1.165) is 5.56 Å². The van der Waals surface area contributed by atoms with Crippen LogP contribution in [0.2, 0.25) is 18.6 Å². The first-order chi connectivity index (χ1) is 20.6. The van der Waals surface area contributed by atoms with E-state index in [0.29, 0.717) is 55.3 Å². The van der Waals surface area contributed by atoms with Crippen LogP contribution in [0.25, 0.3) is 0 Å². The van der Waals surface area contributed by atoms with Crippen molar-refractivity contribution in [3.8, 4) is 0 Å². The first-order valence-corrected chi connectivity index (χ1v) is 17.6. The first kappa shape index (κ1) is 29.2. The monoisotopic (exact) mass is 603 g/mol. The number of hydrogen-bond donors (Lipinski definition) is 2. The van der Waals surface area contributed by atoms with Gasteiger partial charge >= 0.3 is 6.09 Å². The number of fused-ring (bicyclic) bond motifs is 2. The molecule has 2 fully saturated rings. The minimum atomic E-state index is -2.87. The lowest BCUT2D eigenvalue weighted by molar-refractivity contribution is -0.145. The molecule has 3 aromatic rings. The van der Waals surface area contributed by atoms with E-state index < -0.39 is 32.2 Å². The van der Waals surface area contributed by atoms with Crippen molar-refractivity contribution in [1.82, 2.24) is 15.0 Å². The Kier molecular flexibility index (Phi) is 7.49. The van der Waals surface area contributed by atoms with E-state index in [-0.39, 0.29) is 17.4 Å². The number of cyclic esters (lactones) is 1. The number of aliphatic hydroxyl groups excluding tert-OH is 1. The number of carbonyl (C=O) groups excluding carboxylic acids is 2. The van der Waals surface area contributed by atoms with Crippen LogP contribution in [0.5, 0.6) is 0 Å². The van der Waals surface area contributed by atoms with Crippen molar-refractivity contribution in [2.45, 2.75) is 56.3 Å². The number of amides is 2. The van der Waals surface area contributed by atoms with Gasteiger partial charge in [-0.3, -0.25) is 14.4 Å². The molecule has 0 saturated carbocycles. The van der Waals surface area contributed by atoms with Crippen molar-refractivity contribution in [2.75, 3.05) is 29.5 Å². The molecule has 11 nitrogen and oxygen atoms in total. The zero-order valence-corrected chi connectivity index (χ0v) is 25.6. The lowest BCUT2D eigenvalue weighted by atomic mass is 9.82. The average Bonchev–Trinajstić information content (AvgIpc) is 3.75. The summed E-state index contributed by atoms with van der Waals surface area (Å²) in [6.45, 7) is 11.0. The number of ether oxygens (including phenoxy) is 2. The number of hydrogen-bond acceptors (Lipinski definition) is 8. The van der Waals surface area contributed by atoms with Gasteiger partial charge in [-0.2, -0.15) is 0 Å². The second kappa shape index (κ2) is 11.0. The smallest absolute Gasteiger partial charge is 0.414 e. The zero-order valence-electron chi connectivity index (χ0n) is 24.6. The fraction of sp³-hybridized carbons (Fsp3) is 0.419. The maximum atomic E-state index is 14.3. The molecule has 43 heavy (non-hydrogen) atoms. The Morgan fingerprint density at radius 1 is 1.21 bits per heavy atom. The molecule has 2 amide bonds. The average molecular weight is 604 g/mol. The highest BCUT2D eigenvalue weighted by atomic mass is 28.4. The van der Waals surface area contributed by atoms with Crippen LogP contribution in [-0.4, -0.2) is 71.0 Å². The highest BCUT2D eigenvalue weighted by Gasteiger charge is 2.66. The highest BCUT2D eigenvalue weighted by Crippen LogP contribution is 2.60. The molecule has 12 heteroatoms. The maximum absolute atomic E-state index is 14.3. The van der Waals surface area contributed by atoms with Gasteiger partial charge in [-0.05, 0) is 43.3 Å². The fourth-order valence-corrected chi connectivity index (χ4v) is 9.66. The van der Waals surface area contributed by atoms with Crippen molar-refractivity contribution in [1.29, 1.82) is 0 Å². The van der Waals surface area contributed by atoms with Crippen molar-refractivity contribution < 1.29 is 29.0 Å². The SMILES string of the molecule is C=CCN1C(=O)[C@]2(O[C@H](CCn3cc([C@H](O)c4ccccc4)nn3)[C@@H]([Si](C)(C)O)[C@@H]2C)c2cc(N3CCOC3=O)ccc21. The lowest BCUT2D eigenvalue weighted by Gasteiger charge is -2.32. The number of aryl methyl sites for hydroxylation is 1. The summed E-state index contributed by atoms with van der Waals surface area (Å²) in [5.74, 6) is -0.548. The molecule has 2 saturated heterocycles. The van der Waals surface area contributed by atoms with Gasteiger partial charge in [-0.15, -0.1) is 11.7 Å². The van der Waals surface area contributed by atoms with Crippen LogP contribution in [0.4, 0.5) is 16.2 Å². The quantitative estimate of drug-likeness (QED) is 0.280. The van der Waals surface area contributed by atoms with Gasteiger partial charge in [-0.25, -0.2) is 4.79 Å². The minimum absolute atomic E-state index is 0.198. The molecule has 226 valence electrons. The number of nitrogens with zero attached hydrogens (tertiary/aromatic N) is 5. The Balaban J connectivity index is 1.32. The fourth-order valence-electron chi connectivity index (χ4n) is 7.06. The van der Waals surface area contributed by atoms with E-state index in [1.807, 2.05) is 68.5 Å². The summed E-state index contributed by atoms with van der Waals surface area (Å²) >= 11 is 0. The molecule has 0 unspecified atom stereocenters. The third kappa shape index (κ3) is 4.87. The van der Waals surface area contributed by atoms with Crippen LogP contribution in [0.1, 0.15) is 36.3 Å². The molecule has 4 heterocycles. The summed E-state index contributed by atoms with van der Waals surface area (Å²) < 4.78 is 13.7. The van der Waals surface area contributed by atoms with Gasteiger partial charge in [0.15, 0.2) is 13.9 Å². The highest BCUT2D eigenvalue weighted by molar-refractivity contribution is 6.71. The van der Waals surface area contributed by atoms with Crippen LogP contribution in [0.3, 0.4) is 0 Å². The van der Waals surface area contributed by atoms with Crippen molar-refractivity contribution in [3.05, 3.63) is 84.2 Å². The number of anilines is 2. The molecule has 0 bridgehead atoms. The topological polar surface area (TPSA) is 130 Å². The van der Waals surface area contributed by atoms with Crippen LogP contribution in [0.15, 0.2) is 67.4 Å². The summed E-state index contributed by atoms with van der Waals surface area (Å²) in [5.41, 5.74) is 1.58. The van der Waals surface area contributed by atoms with Crippen molar-refractivity contribution >= 4 is 31.7 Å². The minimum Gasteiger partial charge on any atom is -0.447 e. The first-order valence-electron chi connectivity index (χ1n) is 14.6. The molecule has 1 aromatic heterocycles. The van der Waals surface area contributed by atoms with Gasteiger partial charge in [0, 0.05) is 35.8 Å². The molecular weight excluding hydrogens is 566 g/mol. The molecule has 3 aliphatic rings.